The van der Waals surface area contributed by atoms with Crippen molar-refractivity contribution >= 4 is 70.4 Å². The highest BCUT2D eigenvalue weighted by Gasteiger charge is 2.49. The minimum absolute atomic E-state index is 0.0416. The molecule has 94 heavy (non-hydrogen) atoms. The second kappa shape index (κ2) is 28.4. The molecule has 5 aromatic rings. The number of ether oxygens (including phenoxy) is 3. The fourth-order valence-electron chi connectivity index (χ4n) is 13.0. The van der Waals surface area contributed by atoms with Crippen molar-refractivity contribution in [1.29, 1.82) is 0 Å². The number of para-hydroxylation sites is 1. The second-order valence-corrected chi connectivity index (χ2v) is 26.3. The van der Waals surface area contributed by atoms with Gasteiger partial charge in [-0.1, -0.05) is 36.4 Å². The van der Waals surface area contributed by atoms with Crippen molar-refractivity contribution < 1.29 is 70.8 Å². The van der Waals surface area contributed by atoms with Gasteiger partial charge in [-0.3, -0.25) is 43.5 Å². The van der Waals surface area contributed by atoms with Crippen molar-refractivity contribution in [3.8, 4) is 0 Å². The molecule has 5 heterocycles. The van der Waals surface area contributed by atoms with Gasteiger partial charge in [0, 0.05) is 100 Å². The van der Waals surface area contributed by atoms with Crippen LogP contribution < -0.4 is 26.2 Å². The van der Waals surface area contributed by atoms with Crippen molar-refractivity contribution in [1.82, 2.24) is 29.8 Å². The molecule has 22 nitrogen and oxygen atoms in total. The van der Waals surface area contributed by atoms with E-state index in [0.29, 0.717) is 74.6 Å². The topological polar surface area (TPSA) is 252 Å². The molecule has 0 spiro atoms. The number of hydrogen-bond acceptors (Lipinski definition) is 13. The number of halogens is 3. The number of benzene rings is 5. The van der Waals surface area contributed by atoms with Crippen LogP contribution in [0.2, 0.25) is 0 Å². The van der Waals surface area contributed by atoms with Crippen LogP contribution in [0.3, 0.4) is 0 Å². The van der Waals surface area contributed by atoms with Gasteiger partial charge >= 0.3 is 12.2 Å². The van der Waals surface area contributed by atoms with E-state index in [1.807, 2.05) is 30.0 Å². The third-order valence-corrected chi connectivity index (χ3v) is 18.5. The Balaban J connectivity index is 0.869. The summed E-state index contributed by atoms with van der Waals surface area (Å²) in [4.78, 5) is 123. The van der Waals surface area contributed by atoms with Crippen LogP contribution in [0, 0.1) is 23.4 Å². The lowest BCUT2D eigenvalue weighted by Crippen LogP contribution is -2.64. The summed E-state index contributed by atoms with van der Waals surface area (Å²) in [7, 11) is 1.39. The van der Waals surface area contributed by atoms with Crippen LogP contribution in [0.5, 0.6) is 0 Å². The van der Waals surface area contributed by atoms with Crippen molar-refractivity contribution in [2.24, 2.45) is 5.92 Å². The number of carboxylic acid groups (broad SMARTS) is 1. The molecule has 8 amide bonds. The third-order valence-electron chi connectivity index (χ3n) is 18.5. The zero-order valence-corrected chi connectivity index (χ0v) is 54.0. The van der Waals surface area contributed by atoms with E-state index in [2.05, 4.69) is 33.1 Å². The quantitative estimate of drug-likeness (QED) is 0.0589. The fraction of sp³-hybridized carbons (Fsp3) is 0.449. The molecular weight excluding hydrogens is 1220 g/mol. The molecule has 5 aliphatic rings. The molecule has 5 N–H and O–H groups in total. The van der Waals surface area contributed by atoms with Crippen LogP contribution in [0.15, 0.2) is 103 Å². The van der Waals surface area contributed by atoms with Gasteiger partial charge in [0.05, 0.1) is 25.2 Å². The second-order valence-electron chi connectivity index (χ2n) is 26.3. The number of nitrogens with one attached hydrogen (secondary N) is 4. The van der Waals surface area contributed by atoms with Gasteiger partial charge in [0.2, 0.25) is 23.6 Å². The highest BCUT2D eigenvalue weighted by Crippen LogP contribution is 2.44. The lowest BCUT2D eigenvalue weighted by atomic mass is 9.83. The molecule has 3 saturated heterocycles. The molecular formula is C69H81F3N10O12. The molecule has 0 aliphatic carbocycles. The number of fused-ring (bicyclic) bond motifs is 2. The van der Waals surface area contributed by atoms with Crippen LogP contribution in [0.1, 0.15) is 106 Å². The monoisotopic (exact) mass is 1300 g/mol. The maximum absolute atomic E-state index is 15.2. The van der Waals surface area contributed by atoms with Crippen LogP contribution in [-0.2, 0) is 56.6 Å². The molecule has 0 radical (unpaired) electrons. The van der Waals surface area contributed by atoms with E-state index in [0.717, 1.165) is 34.2 Å². The summed E-state index contributed by atoms with van der Waals surface area (Å²) in [5.74, 6) is -6.71. The summed E-state index contributed by atoms with van der Waals surface area (Å²) in [6.07, 6.45) is -0.700. The number of hydrogen-bond donors (Lipinski definition) is 5. The molecule has 0 bridgehead atoms. The summed E-state index contributed by atoms with van der Waals surface area (Å²) in [6.45, 7) is 15.1. The van der Waals surface area contributed by atoms with Crippen LogP contribution in [0.4, 0.5) is 45.5 Å². The van der Waals surface area contributed by atoms with Gasteiger partial charge in [-0.25, -0.2) is 22.8 Å². The van der Waals surface area contributed by atoms with E-state index in [4.69, 9.17) is 14.2 Å². The van der Waals surface area contributed by atoms with E-state index < -0.39 is 100 Å². The number of nitrogens with zero attached hydrogens (tertiary/aromatic N) is 6. The van der Waals surface area contributed by atoms with Gasteiger partial charge in [0.15, 0.2) is 0 Å². The number of rotatable bonds is 17. The highest BCUT2D eigenvalue weighted by atomic mass is 19.1. The Kier molecular flexibility index (Phi) is 20.5. The third kappa shape index (κ3) is 15.2. The Bertz CT molecular complexity index is 3680. The van der Waals surface area contributed by atoms with E-state index in [-0.39, 0.29) is 80.0 Å². The SMILES string of the molecule is CC(C(=O)NC(C(=O)N1Cc2ccc(NC(=O)c3ccc(NC(=O)C4(C)CN(C(=O)CN5C[C@@H](C)N(C(=O)O)C[C@@H]5CN5CCOC[C@H]5C)c5cc(Cc6ccc(F)cc6)ccc54)cc3)cc2[C@H]1C(=O)Nc1c(F)cccc1F)C1CCOCC1)N(C)C(=O)OC(C)(C)C. The number of piperazine rings is 1. The van der Waals surface area contributed by atoms with Gasteiger partial charge in [-0.05, 0) is 168 Å². The first-order valence-electron chi connectivity index (χ1n) is 31.6. The molecule has 7 atom stereocenters. The Morgan fingerprint density at radius 2 is 1.46 bits per heavy atom. The van der Waals surface area contributed by atoms with Gasteiger partial charge < -0.3 is 55.3 Å². The number of carbonyl (C=O) groups is 8. The van der Waals surface area contributed by atoms with Gasteiger partial charge in [0.25, 0.3) is 11.8 Å². The summed E-state index contributed by atoms with van der Waals surface area (Å²) in [6, 6.07) is 21.0. The molecule has 0 aromatic heterocycles. The van der Waals surface area contributed by atoms with Gasteiger partial charge in [0.1, 0.15) is 46.9 Å². The summed E-state index contributed by atoms with van der Waals surface area (Å²) >= 11 is 0. The van der Waals surface area contributed by atoms with E-state index in [9.17, 15) is 43.1 Å². The summed E-state index contributed by atoms with van der Waals surface area (Å²) in [5.41, 5.74) is 1.19. The summed E-state index contributed by atoms with van der Waals surface area (Å²) < 4.78 is 61.1. The lowest BCUT2D eigenvalue weighted by Gasteiger charge is -2.47. The molecule has 5 aliphatic heterocycles. The van der Waals surface area contributed by atoms with Crippen LogP contribution >= 0.6 is 0 Å². The Labute approximate surface area is 544 Å². The first kappa shape index (κ1) is 68.0. The van der Waals surface area contributed by atoms with Gasteiger partial charge in [-0.2, -0.15) is 0 Å². The molecule has 3 unspecified atom stereocenters. The number of carbonyl (C=O) groups excluding carboxylic acids is 7. The van der Waals surface area contributed by atoms with Crippen molar-refractivity contribution in [3.05, 3.63) is 154 Å². The van der Waals surface area contributed by atoms with Crippen molar-refractivity contribution in [2.45, 2.75) is 122 Å². The molecule has 5 aromatic carbocycles. The molecule has 10 rings (SSSR count). The normalized spacial score (nSPS) is 21.5. The maximum atomic E-state index is 15.2. The largest absolute Gasteiger partial charge is 0.465 e. The Morgan fingerprint density at radius 1 is 0.777 bits per heavy atom. The average Bonchev–Trinajstić information content (AvgIpc) is 1.58. The zero-order valence-electron chi connectivity index (χ0n) is 54.0. The minimum Gasteiger partial charge on any atom is -0.465 e. The zero-order chi connectivity index (χ0) is 67.5. The number of anilines is 4. The smallest absolute Gasteiger partial charge is 0.410 e. The van der Waals surface area contributed by atoms with E-state index in [1.165, 1.54) is 54.1 Å². The standard InChI is InChI=1S/C69H81F3N10O12/c1-40-33-79(51(36-80(40)66(89)90)35-78-26-29-93-38-41(78)2)37-57(83)82-39-69(7,53-23-14-44(31-56(53)82)30-43-12-18-48(70)19-13-43)65(88)74-49-20-15-46(16-21-49)62(85)73-50-22-17-47-34-81(60(52(47)32-50)63(86)76-59-54(71)10-9-11-55(59)72)64(87)58(45-24-27-92-28-25-45)75-61(84)42(3)77(8)67(91)94-68(4,5)6/h9-23,31-32,40-42,45,51,58,60H,24-30,33-39H2,1-8H3,(H,73,85)(H,74,88)(H,75,84)(H,76,86)(H,89,90)/t40-,41-,42?,51+,58?,60+,69?/m1/s1. The average molecular weight is 1300 g/mol. The fourth-order valence-corrected chi connectivity index (χ4v) is 13.0. The first-order chi connectivity index (χ1) is 44.7. The van der Waals surface area contributed by atoms with Crippen molar-refractivity contribution in [2.75, 3.05) is 93.6 Å². The molecule has 500 valence electrons. The summed E-state index contributed by atoms with van der Waals surface area (Å²) in [5, 5.41) is 21.2. The minimum atomic E-state index is -1.54. The van der Waals surface area contributed by atoms with Crippen molar-refractivity contribution in [3.63, 3.8) is 0 Å². The Morgan fingerprint density at radius 3 is 2.13 bits per heavy atom. The van der Waals surface area contributed by atoms with Crippen LogP contribution in [0.25, 0.3) is 0 Å². The maximum Gasteiger partial charge on any atom is 0.410 e. The predicted molar refractivity (Wildman–Crippen MR) is 343 cm³/mol. The first-order valence-corrected chi connectivity index (χ1v) is 31.6. The lowest BCUT2D eigenvalue weighted by molar-refractivity contribution is -0.144. The molecule has 25 heteroatoms. The number of morpholine rings is 1. The van der Waals surface area contributed by atoms with Gasteiger partial charge in [-0.15, -0.1) is 0 Å². The Hall–Kier alpha value is -8.91. The predicted octanol–water partition coefficient (Wildman–Crippen LogP) is 8.15. The van der Waals surface area contributed by atoms with Crippen LogP contribution in [-0.4, -0.2) is 186 Å². The number of amides is 8. The van der Waals surface area contributed by atoms with E-state index in [1.54, 1.807) is 69.0 Å². The molecule has 3 fully saturated rings. The number of likely N-dealkylation sites (N-methyl/N-ethyl adjacent to an activating group) is 1. The molecule has 0 saturated carbocycles. The van der Waals surface area contributed by atoms with E-state index >= 15 is 13.6 Å². The highest BCUT2D eigenvalue weighted by molar-refractivity contribution is 6.08.